The van der Waals surface area contributed by atoms with Gasteiger partial charge in [-0.3, -0.25) is 9.59 Å². The Hall–Kier alpha value is -3.99. The third-order valence-electron chi connectivity index (χ3n) is 5.13. The molecule has 0 aromatic heterocycles. The molecular formula is C26H21FN2O2. The van der Waals surface area contributed by atoms with Gasteiger partial charge in [0, 0.05) is 23.2 Å². The van der Waals surface area contributed by atoms with Gasteiger partial charge in [-0.25, -0.2) is 4.39 Å². The summed E-state index contributed by atoms with van der Waals surface area (Å²) in [7, 11) is 0. The lowest BCUT2D eigenvalue weighted by atomic mass is 10.1. The first kappa shape index (κ1) is 20.3. The van der Waals surface area contributed by atoms with Gasteiger partial charge in [-0.05, 0) is 54.8 Å². The number of nitrogens with zero attached hydrogens (tertiary/aromatic N) is 1. The van der Waals surface area contributed by atoms with Crippen molar-refractivity contribution < 1.29 is 14.0 Å². The van der Waals surface area contributed by atoms with Crippen LogP contribution in [0.15, 0.2) is 91.0 Å². The molecule has 0 radical (unpaired) electrons. The largest absolute Gasteiger partial charge is 0.322 e. The first-order chi connectivity index (χ1) is 15.1. The van der Waals surface area contributed by atoms with Crippen LogP contribution in [0.5, 0.6) is 0 Å². The molecule has 0 aliphatic carbocycles. The monoisotopic (exact) mass is 412 g/mol. The van der Waals surface area contributed by atoms with Crippen LogP contribution < -0.4 is 10.2 Å². The van der Waals surface area contributed by atoms with Gasteiger partial charge >= 0.3 is 0 Å². The smallest absolute Gasteiger partial charge is 0.258 e. The maximum absolute atomic E-state index is 13.8. The molecule has 4 aromatic rings. The SMILES string of the molecule is CCN(C(=O)c1ccc(NC(=O)c2ccccc2F)cc1)c1cccc2ccccc12. The molecule has 4 nitrogen and oxygen atoms in total. The molecule has 0 saturated heterocycles. The molecule has 5 heteroatoms. The van der Waals surface area contributed by atoms with E-state index in [9.17, 15) is 14.0 Å². The highest BCUT2D eigenvalue weighted by molar-refractivity contribution is 6.11. The minimum absolute atomic E-state index is 0.0317. The normalized spacial score (nSPS) is 10.6. The van der Waals surface area contributed by atoms with Crippen molar-refractivity contribution in [2.24, 2.45) is 0 Å². The zero-order valence-corrected chi connectivity index (χ0v) is 17.0. The van der Waals surface area contributed by atoms with Gasteiger partial charge in [-0.1, -0.05) is 48.5 Å². The Kier molecular flexibility index (Phi) is 5.76. The van der Waals surface area contributed by atoms with Crippen LogP contribution in [0.3, 0.4) is 0 Å². The van der Waals surface area contributed by atoms with Crippen molar-refractivity contribution in [3.05, 3.63) is 108 Å². The molecule has 2 amide bonds. The number of rotatable bonds is 5. The van der Waals surface area contributed by atoms with Crippen LogP contribution in [0.1, 0.15) is 27.6 Å². The zero-order chi connectivity index (χ0) is 21.8. The van der Waals surface area contributed by atoms with E-state index in [-0.39, 0.29) is 11.5 Å². The van der Waals surface area contributed by atoms with Crippen LogP contribution in [0.4, 0.5) is 15.8 Å². The van der Waals surface area contributed by atoms with E-state index in [4.69, 9.17) is 0 Å². The van der Waals surface area contributed by atoms with Gasteiger partial charge in [-0.15, -0.1) is 0 Å². The Morgan fingerprint density at radius 2 is 1.52 bits per heavy atom. The van der Waals surface area contributed by atoms with Crippen LogP contribution in [0, 0.1) is 5.82 Å². The van der Waals surface area contributed by atoms with E-state index < -0.39 is 11.7 Å². The molecule has 0 aliphatic rings. The summed E-state index contributed by atoms with van der Waals surface area (Å²) in [5.41, 5.74) is 1.80. The van der Waals surface area contributed by atoms with Crippen LogP contribution in [0.25, 0.3) is 10.8 Å². The van der Waals surface area contributed by atoms with Crippen LogP contribution >= 0.6 is 0 Å². The minimum Gasteiger partial charge on any atom is -0.322 e. The van der Waals surface area contributed by atoms with Gasteiger partial charge in [0.1, 0.15) is 5.82 Å². The molecule has 0 bridgehead atoms. The molecule has 0 atom stereocenters. The second-order valence-corrected chi connectivity index (χ2v) is 7.06. The number of amides is 2. The highest BCUT2D eigenvalue weighted by Crippen LogP contribution is 2.28. The second kappa shape index (κ2) is 8.79. The summed E-state index contributed by atoms with van der Waals surface area (Å²) in [5.74, 6) is -1.26. The Labute approximate surface area is 179 Å². The van der Waals surface area contributed by atoms with Crippen LogP contribution in [-0.2, 0) is 0 Å². The Morgan fingerprint density at radius 3 is 2.26 bits per heavy atom. The summed E-state index contributed by atoms with van der Waals surface area (Å²) >= 11 is 0. The number of anilines is 2. The standard InChI is InChI=1S/C26H21FN2O2/c1-2-29(24-13-7-9-18-8-3-4-10-21(18)24)26(31)19-14-16-20(17-15-19)28-25(30)22-11-5-6-12-23(22)27/h3-17H,2H2,1H3,(H,28,30). The minimum atomic E-state index is -0.583. The van der Waals surface area contributed by atoms with E-state index in [0.717, 1.165) is 16.5 Å². The van der Waals surface area contributed by atoms with Gasteiger partial charge in [0.2, 0.25) is 0 Å². The van der Waals surface area contributed by atoms with E-state index in [1.54, 1.807) is 35.2 Å². The number of fused-ring (bicyclic) bond motifs is 1. The van der Waals surface area contributed by atoms with E-state index in [1.165, 1.54) is 18.2 Å². The quantitative estimate of drug-likeness (QED) is 0.444. The van der Waals surface area contributed by atoms with Crippen molar-refractivity contribution in [1.29, 1.82) is 0 Å². The molecule has 0 spiro atoms. The Bertz CT molecular complexity index is 1250. The summed E-state index contributed by atoms with van der Waals surface area (Å²) in [6.07, 6.45) is 0. The summed E-state index contributed by atoms with van der Waals surface area (Å²) in [4.78, 5) is 27.2. The highest BCUT2D eigenvalue weighted by Gasteiger charge is 2.18. The number of halogens is 1. The zero-order valence-electron chi connectivity index (χ0n) is 17.0. The first-order valence-corrected chi connectivity index (χ1v) is 10.0. The van der Waals surface area contributed by atoms with Crippen molar-refractivity contribution in [1.82, 2.24) is 0 Å². The van der Waals surface area contributed by atoms with Gasteiger partial charge in [0.15, 0.2) is 0 Å². The molecule has 4 aromatic carbocycles. The third-order valence-corrected chi connectivity index (χ3v) is 5.13. The van der Waals surface area contributed by atoms with Gasteiger partial charge < -0.3 is 10.2 Å². The number of carbonyl (C=O) groups excluding carboxylic acids is 2. The number of benzene rings is 4. The van der Waals surface area contributed by atoms with E-state index in [2.05, 4.69) is 5.32 Å². The lowest BCUT2D eigenvalue weighted by Gasteiger charge is -2.23. The second-order valence-electron chi connectivity index (χ2n) is 7.06. The average Bonchev–Trinajstić information content (AvgIpc) is 2.80. The number of nitrogens with one attached hydrogen (secondary N) is 1. The van der Waals surface area contributed by atoms with Crippen molar-refractivity contribution in [2.45, 2.75) is 6.92 Å². The number of carbonyl (C=O) groups is 2. The molecule has 31 heavy (non-hydrogen) atoms. The molecule has 0 aliphatic heterocycles. The topological polar surface area (TPSA) is 49.4 Å². The van der Waals surface area contributed by atoms with E-state index in [0.29, 0.717) is 17.8 Å². The molecule has 4 rings (SSSR count). The summed E-state index contributed by atoms with van der Waals surface area (Å²) < 4.78 is 13.8. The maximum atomic E-state index is 13.8. The molecule has 154 valence electrons. The lowest BCUT2D eigenvalue weighted by Crippen LogP contribution is -2.30. The average molecular weight is 412 g/mol. The van der Waals surface area contributed by atoms with Gasteiger partial charge in [0.05, 0.1) is 11.3 Å². The Balaban J connectivity index is 1.56. The van der Waals surface area contributed by atoms with Crippen molar-refractivity contribution >= 4 is 34.0 Å². The molecule has 0 unspecified atom stereocenters. The fraction of sp³-hybridized carbons (Fsp3) is 0.0769. The van der Waals surface area contributed by atoms with E-state index in [1.807, 2.05) is 49.4 Å². The van der Waals surface area contributed by atoms with Crippen molar-refractivity contribution in [2.75, 3.05) is 16.8 Å². The van der Waals surface area contributed by atoms with Crippen molar-refractivity contribution in [3.8, 4) is 0 Å². The predicted octanol–water partition coefficient (Wildman–Crippen LogP) is 5.90. The molecule has 0 saturated carbocycles. The Morgan fingerprint density at radius 1 is 0.839 bits per heavy atom. The van der Waals surface area contributed by atoms with Crippen LogP contribution in [-0.4, -0.2) is 18.4 Å². The fourth-order valence-corrected chi connectivity index (χ4v) is 3.56. The predicted molar refractivity (Wildman–Crippen MR) is 122 cm³/mol. The van der Waals surface area contributed by atoms with E-state index >= 15 is 0 Å². The van der Waals surface area contributed by atoms with Crippen molar-refractivity contribution in [3.63, 3.8) is 0 Å². The van der Waals surface area contributed by atoms with Crippen LogP contribution in [0.2, 0.25) is 0 Å². The summed E-state index contributed by atoms with van der Waals surface area (Å²) in [6, 6.07) is 26.2. The summed E-state index contributed by atoms with van der Waals surface area (Å²) in [5, 5.41) is 4.74. The number of hydrogen-bond donors (Lipinski definition) is 1. The highest BCUT2D eigenvalue weighted by atomic mass is 19.1. The molecule has 0 fully saturated rings. The van der Waals surface area contributed by atoms with Gasteiger partial charge in [0.25, 0.3) is 11.8 Å². The fourth-order valence-electron chi connectivity index (χ4n) is 3.56. The first-order valence-electron chi connectivity index (χ1n) is 10.0. The molecule has 0 heterocycles. The van der Waals surface area contributed by atoms with Gasteiger partial charge in [-0.2, -0.15) is 0 Å². The third kappa shape index (κ3) is 4.16. The molecule has 1 N–H and O–H groups in total. The number of hydrogen-bond acceptors (Lipinski definition) is 2. The molecular weight excluding hydrogens is 391 g/mol. The maximum Gasteiger partial charge on any atom is 0.258 e. The lowest BCUT2D eigenvalue weighted by molar-refractivity contribution is 0.0987. The summed E-state index contributed by atoms with van der Waals surface area (Å²) in [6.45, 7) is 2.45.